The standard InChI is InChI=1S/C19H19NO2S/c1-15-7-9-18(10-8-15)23(21,22)20-12-11-19(13-17(19)14-20)16-5-3-2-4-6-16/h2-12,17H,13-14H2,1H3. The monoisotopic (exact) mass is 325 g/mol. The van der Waals surface area contributed by atoms with Gasteiger partial charge in [-0.2, -0.15) is 0 Å². The molecule has 0 aromatic heterocycles. The van der Waals surface area contributed by atoms with Gasteiger partial charge in [-0.1, -0.05) is 54.1 Å². The van der Waals surface area contributed by atoms with Crippen molar-refractivity contribution in [2.45, 2.75) is 23.7 Å². The van der Waals surface area contributed by atoms with Crippen LogP contribution in [-0.2, 0) is 15.4 Å². The molecule has 2 atom stereocenters. The van der Waals surface area contributed by atoms with Gasteiger partial charge in [0.1, 0.15) is 0 Å². The van der Waals surface area contributed by atoms with E-state index < -0.39 is 10.0 Å². The Morgan fingerprint density at radius 2 is 1.74 bits per heavy atom. The van der Waals surface area contributed by atoms with Crippen molar-refractivity contribution in [2.24, 2.45) is 5.92 Å². The highest BCUT2D eigenvalue weighted by Crippen LogP contribution is 2.57. The second-order valence-corrected chi connectivity index (χ2v) is 8.40. The van der Waals surface area contributed by atoms with Crippen LogP contribution in [0.15, 0.2) is 71.8 Å². The quantitative estimate of drug-likeness (QED) is 0.866. The van der Waals surface area contributed by atoms with Gasteiger partial charge < -0.3 is 0 Å². The summed E-state index contributed by atoms with van der Waals surface area (Å²) in [5.74, 6) is 0.370. The Morgan fingerprint density at radius 1 is 1.04 bits per heavy atom. The van der Waals surface area contributed by atoms with Crippen molar-refractivity contribution in [2.75, 3.05) is 6.54 Å². The number of rotatable bonds is 3. The van der Waals surface area contributed by atoms with E-state index >= 15 is 0 Å². The van der Waals surface area contributed by atoms with Crippen molar-refractivity contribution < 1.29 is 8.42 Å². The summed E-state index contributed by atoms with van der Waals surface area (Å²) in [5.41, 5.74) is 2.39. The van der Waals surface area contributed by atoms with Crippen molar-refractivity contribution in [1.29, 1.82) is 0 Å². The Morgan fingerprint density at radius 3 is 2.39 bits per heavy atom. The lowest BCUT2D eigenvalue weighted by Crippen LogP contribution is -2.32. The molecule has 2 aromatic rings. The van der Waals surface area contributed by atoms with E-state index in [1.807, 2.05) is 37.3 Å². The van der Waals surface area contributed by atoms with E-state index in [9.17, 15) is 8.42 Å². The normalized spacial score (nSPS) is 26.0. The molecule has 3 nitrogen and oxygen atoms in total. The average Bonchev–Trinajstić information content (AvgIpc) is 3.31. The largest absolute Gasteiger partial charge is 0.273 e. The van der Waals surface area contributed by atoms with E-state index in [-0.39, 0.29) is 5.41 Å². The zero-order chi connectivity index (χ0) is 16.1. The topological polar surface area (TPSA) is 37.4 Å². The minimum atomic E-state index is -3.45. The third-order valence-electron chi connectivity index (χ3n) is 5.03. The van der Waals surface area contributed by atoms with Gasteiger partial charge in [0.2, 0.25) is 0 Å². The van der Waals surface area contributed by atoms with Crippen molar-refractivity contribution in [3.8, 4) is 0 Å². The van der Waals surface area contributed by atoms with E-state index in [1.165, 1.54) is 9.87 Å². The first-order valence-electron chi connectivity index (χ1n) is 7.86. The van der Waals surface area contributed by atoms with E-state index in [1.54, 1.807) is 18.3 Å². The summed E-state index contributed by atoms with van der Waals surface area (Å²) < 4.78 is 27.1. The molecule has 0 bridgehead atoms. The first-order valence-corrected chi connectivity index (χ1v) is 9.30. The Labute approximate surface area is 137 Å². The van der Waals surface area contributed by atoms with Crippen LogP contribution in [0.5, 0.6) is 0 Å². The van der Waals surface area contributed by atoms with Gasteiger partial charge in [-0.05, 0) is 37.0 Å². The highest BCUT2D eigenvalue weighted by atomic mass is 32.2. The van der Waals surface area contributed by atoms with E-state index in [4.69, 9.17) is 0 Å². The van der Waals surface area contributed by atoms with Crippen LogP contribution in [0.2, 0.25) is 0 Å². The third kappa shape index (κ3) is 2.29. The molecule has 0 N–H and O–H groups in total. The summed E-state index contributed by atoms with van der Waals surface area (Å²) in [4.78, 5) is 0.362. The maximum Gasteiger partial charge on any atom is 0.263 e. The third-order valence-corrected chi connectivity index (χ3v) is 6.79. The van der Waals surface area contributed by atoms with Crippen molar-refractivity contribution in [3.63, 3.8) is 0 Å². The van der Waals surface area contributed by atoms with Gasteiger partial charge in [0.25, 0.3) is 10.0 Å². The van der Waals surface area contributed by atoms with Crippen molar-refractivity contribution in [3.05, 3.63) is 78.0 Å². The summed E-state index contributed by atoms with van der Waals surface area (Å²) in [6.45, 7) is 2.51. The van der Waals surface area contributed by atoms with Gasteiger partial charge in [-0.25, -0.2) is 8.42 Å². The Kier molecular flexibility index (Phi) is 3.13. The SMILES string of the molecule is Cc1ccc(S(=O)(=O)N2C=CC3(c4ccccc4)CC3C2)cc1. The maximum absolute atomic E-state index is 12.8. The molecule has 0 amide bonds. The zero-order valence-corrected chi connectivity index (χ0v) is 13.8. The fourth-order valence-corrected chi connectivity index (χ4v) is 4.84. The molecule has 0 radical (unpaired) electrons. The molecule has 1 fully saturated rings. The van der Waals surface area contributed by atoms with Gasteiger partial charge in [0.15, 0.2) is 0 Å². The zero-order valence-electron chi connectivity index (χ0n) is 13.0. The summed E-state index contributed by atoms with van der Waals surface area (Å²) in [7, 11) is -3.45. The van der Waals surface area contributed by atoms with Crippen LogP contribution in [0.1, 0.15) is 17.5 Å². The molecular weight excluding hydrogens is 306 g/mol. The molecule has 1 heterocycles. The lowest BCUT2D eigenvalue weighted by Gasteiger charge is -2.27. The van der Waals surface area contributed by atoms with Crippen LogP contribution in [-0.4, -0.2) is 19.3 Å². The molecule has 1 saturated carbocycles. The van der Waals surface area contributed by atoms with Gasteiger partial charge in [0, 0.05) is 18.2 Å². The number of sulfonamides is 1. The number of nitrogens with zero attached hydrogens (tertiary/aromatic N) is 1. The summed E-state index contributed by atoms with van der Waals surface area (Å²) in [6, 6.07) is 17.4. The van der Waals surface area contributed by atoms with Crippen molar-refractivity contribution >= 4 is 10.0 Å². The van der Waals surface area contributed by atoms with Crippen molar-refractivity contribution in [1.82, 2.24) is 4.31 Å². The molecule has 23 heavy (non-hydrogen) atoms. The van der Waals surface area contributed by atoms with Crippen LogP contribution in [0.25, 0.3) is 0 Å². The van der Waals surface area contributed by atoms with Gasteiger partial charge in [0.05, 0.1) is 4.90 Å². The fourth-order valence-electron chi connectivity index (χ4n) is 3.50. The predicted molar refractivity (Wildman–Crippen MR) is 90.4 cm³/mol. The second kappa shape index (κ2) is 4.96. The van der Waals surface area contributed by atoms with E-state index in [0.717, 1.165) is 12.0 Å². The van der Waals surface area contributed by atoms with Crippen LogP contribution in [0.3, 0.4) is 0 Å². The molecule has 1 aliphatic heterocycles. The molecule has 0 spiro atoms. The average molecular weight is 325 g/mol. The molecule has 2 unspecified atom stereocenters. The maximum atomic E-state index is 12.8. The van der Waals surface area contributed by atoms with E-state index in [0.29, 0.717) is 17.4 Å². The summed E-state index contributed by atoms with van der Waals surface area (Å²) in [5, 5.41) is 0. The highest BCUT2D eigenvalue weighted by molar-refractivity contribution is 7.89. The van der Waals surface area contributed by atoms with Gasteiger partial charge in [-0.15, -0.1) is 0 Å². The minimum Gasteiger partial charge on any atom is -0.273 e. The van der Waals surface area contributed by atoms with Crippen LogP contribution in [0, 0.1) is 12.8 Å². The number of aryl methyl sites for hydroxylation is 1. The predicted octanol–water partition coefficient (Wildman–Crippen LogP) is 3.47. The Bertz CT molecular complexity index is 856. The summed E-state index contributed by atoms with van der Waals surface area (Å²) in [6.07, 6.45) is 4.85. The molecule has 4 rings (SSSR count). The second-order valence-electron chi connectivity index (χ2n) is 6.51. The molecular formula is C19H19NO2S. The fraction of sp³-hybridized carbons (Fsp3) is 0.263. The van der Waals surface area contributed by atoms with E-state index in [2.05, 4.69) is 18.2 Å². The van der Waals surface area contributed by atoms with Gasteiger partial charge >= 0.3 is 0 Å². The highest BCUT2D eigenvalue weighted by Gasteiger charge is 2.56. The Balaban J connectivity index is 1.63. The Hall–Kier alpha value is -2.07. The molecule has 2 aromatic carbocycles. The first-order chi connectivity index (χ1) is 11.0. The van der Waals surface area contributed by atoms with Crippen LogP contribution >= 0.6 is 0 Å². The number of hydrogen-bond acceptors (Lipinski definition) is 2. The molecule has 4 heteroatoms. The molecule has 2 aliphatic rings. The minimum absolute atomic E-state index is 0.0422. The summed E-state index contributed by atoms with van der Waals surface area (Å²) >= 11 is 0. The molecule has 1 aliphatic carbocycles. The lowest BCUT2D eigenvalue weighted by molar-refractivity contribution is 0.451. The number of benzene rings is 2. The van der Waals surface area contributed by atoms with Gasteiger partial charge in [-0.3, -0.25) is 4.31 Å². The number of fused-ring (bicyclic) bond motifs is 1. The van der Waals surface area contributed by atoms with Crippen LogP contribution in [0.4, 0.5) is 0 Å². The number of hydrogen-bond donors (Lipinski definition) is 0. The molecule has 0 saturated heterocycles. The smallest absolute Gasteiger partial charge is 0.263 e. The number of allylic oxidation sites excluding steroid dienone is 1. The lowest BCUT2D eigenvalue weighted by atomic mass is 9.92. The van der Waals surface area contributed by atoms with Crippen LogP contribution < -0.4 is 0 Å². The molecule has 118 valence electrons. The first kappa shape index (κ1) is 14.5.